The average molecular weight is 195 g/mol. The maximum atomic E-state index is 10.9. The second-order valence-electron chi connectivity index (χ2n) is 3.17. The van der Waals surface area contributed by atoms with Gasteiger partial charge in [-0.25, -0.2) is 0 Å². The zero-order valence-electron chi connectivity index (χ0n) is 8.49. The van der Waals surface area contributed by atoms with E-state index in [4.69, 9.17) is 5.73 Å². The van der Waals surface area contributed by atoms with Crippen molar-refractivity contribution in [1.29, 1.82) is 0 Å². The SMILES string of the molecule is CNC(=O)CCCn1cccc1CN. The molecule has 0 aliphatic carbocycles. The maximum Gasteiger partial charge on any atom is 0.219 e. The molecule has 0 spiro atoms. The van der Waals surface area contributed by atoms with Gasteiger partial charge in [-0.1, -0.05) is 0 Å². The molecule has 0 saturated carbocycles. The summed E-state index contributed by atoms with van der Waals surface area (Å²) in [5.41, 5.74) is 6.67. The van der Waals surface area contributed by atoms with Gasteiger partial charge in [-0.05, 0) is 18.6 Å². The topological polar surface area (TPSA) is 60.0 Å². The molecule has 1 amide bonds. The molecule has 1 aromatic heterocycles. The Morgan fingerprint density at radius 3 is 3.07 bits per heavy atom. The fourth-order valence-corrected chi connectivity index (χ4v) is 1.39. The summed E-state index contributed by atoms with van der Waals surface area (Å²) in [6.45, 7) is 1.40. The molecule has 0 fully saturated rings. The van der Waals surface area contributed by atoms with E-state index in [-0.39, 0.29) is 5.91 Å². The van der Waals surface area contributed by atoms with Crippen molar-refractivity contribution in [3.8, 4) is 0 Å². The van der Waals surface area contributed by atoms with Crippen molar-refractivity contribution >= 4 is 5.91 Å². The van der Waals surface area contributed by atoms with E-state index in [2.05, 4.69) is 9.88 Å². The van der Waals surface area contributed by atoms with Gasteiger partial charge in [0.05, 0.1) is 0 Å². The largest absolute Gasteiger partial charge is 0.359 e. The number of nitrogens with one attached hydrogen (secondary N) is 1. The molecule has 1 rings (SSSR count). The fourth-order valence-electron chi connectivity index (χ4n) is 1.39. The Bertz CT molecular complexity index is 293. The minimum Gasteiger partial charge on any atom is -0.359 e. The quantitative estimate of drug-likeness (QED) is 0.717. The molecule has 78 valence electrons. The third kappa shape index (κ3) is 2.88. The first-order valence-electron chi connectivity index (χ1n) is 4.82. The molecule has 4 heteroatoms. The number of nitrogens with zero attached hydrogens (tertiary/aromatic N) is 1. The molecule has 0 radical (unpaired) electrons. The normalized spacial score (nSPS) is 10.1. The van der Waals surface area contributed by atoms with Crippen LogP contribution in [0, 0.1) is 0 Å². The molecule has 3 N–H and O–H groups in total. The number of hydrogen-bond donors (Lipinski definition) is 2. The monoisotopic (exact) mass is 195 g/mol. The minimum atomic E-state index is 0.0893. The lowest BCUT2D eigenvalue weighted by atomic mass is 10.3. The van der Waals surface area contributed by atoms with Crippen LogP contribution < -0.4 is 11.1 Å². The molecule has 1 aromatic rings. The molecule has 0 aromatic carbocycles. The van der Waals surface area contributed by atoms with Crippen molar-refractivity contribution < 1.29 is 4.79 Å². The summed E-state index contributed by atoms with van der Waals surface area (Å²) in [4.78, 5) is 10.9. The van der Waals surface area contributed by atoms with E-state index in [0.29, 0.717) is 13.0 Å². The second-order valence-corrected chi connectivity index (χ2v) is 3.17. The van der Waals surface area contributed by atoms with E-state index >= 15 is 0 Å². The van der Waals surface area contributed by atoms with E-state index in [1.54, 1.807) is 7.05 Å². The summed E-state index contributed by atoms with van der Waals surface area (Å²) < 4.78 is 2.09. The van der Waals surface area contributed by atoms with Crippen LogP contribution in [0.5, 0.6) is 0 Å². The van der Waals surface area contributed by atoms with Crippen LogP contribution in [-0.4, -0.2) is 17.5 Å². The van der Waals surface area contributed by atoms with Gasteiger partial charge in [0.25, 0.3) is 0 Å². The van der Waals surface area contributed by atoms with Gasteiger partial charge in [-0.3, -0.25) is 4.79 Å². The predicted molar refractivity (Wildman–Crippen MR) is 55.6 cm³/mol. The fraction of sp³-hybridized carbons (Fsp3) is 0.500. The first-order valence-corrected chi connectivity index (χ1v) is 4.82. The van der Waals surface area contributed by atoms with Gasteiger partial charge < -0.3 is 15.6 Å². The van der Waals surface area contributed by atoms with Gasteiger partial charge in [-0.15, -0.1) is 0 Å². The standard InChI is InChI=1S/C10H17N3O/c1-12-10(14)5-3-7-13-6-2-4-9(13)8-11/h2,4,6H,3,5,7-8,11H2,1H3,(H,12,14). The third-order valence-corrected chi connectivity index (χ3v) is 2.21. The van der Waals surface area contributed by atoms with Crippen LogP contribution in [0.15, 0.2) is 18.3 Å². The van der Waals surface area contributed by atoms with Crippen molar-refractivity contribution in [2.45, 2.75) is 25.9 Å². The van der Waals surface area contributed by atoms with Crippen LogP contribution in [0.2, 0.25) is 0 Å². The Morgan fingerprint density at radius 1 is 1.64 bits per heavy atom. The van der Waals surface area contributed by atoms with E-state index in [1.807, 2.05) is 18.3 Å². The Morgan fingerprint density at radius 2 is 2.43 bits per heavy atom. The van der Waals surface area contributed by atoms with E-state index in [0.717, 1.165) is 18.7 Å². The molecule has 1 heterocycles. The Kier molecular flexibility index (Phi) is 4.19. The lowest BCUT2D eigenvalue weighted by Crippen LogP contribution is -2.18. The molecule has 4 nitrogen and oxygen atoms in total. The van der Waals surface area contributed by atoms with Gasteiger partial charge in [0, 0.05) is 38.4 Å². The molecule has 0 atom stereocenters. The number of aromatic nitrogens is 1. The van der Waals surface area contributed by atoms with Crippen molar-refractivity contribution in [1.82, 2.24) is 9.88 Å². The van der Waals surface area contributed by atoms with Crippen molar-refractivity contribution in [2.75, 3.05) is 7.05 Å². The summed E-state index contributed by atoms with van der Waals surface area (Å²) in [7, 11) is 1.66. The summed E-state index contributed by atoms with van der Waals surface area (Å²) in [5.74, 6) is 0.0893. The first kappa shape index (κ1) is 10.8. The molecule has 0 aliphatic heterocycles. The summed E-state index contributed by atoms with van der Waals surface area (Å²) >= 11 is 0. The number of carbonyl (C=O) groups excluding carboxylic acids is 1. The molecule has 14 heavy (non-hydrogen) atoms. The molecular weight excluding hydrogens is 178 g/mol. The number of amides is 1. The predicted octanol–water partition coefficient (Wildman–Crippen LogP) is 0.473. The Labute approximate surface area is 84.1 Å². The van der Waals surface area contributed by atoms with Gasteiger partial charge in [0.15, 0.2) is 0 Å². The van der Waals surface area contributed by atoms with Crippen LogP contribution in [-0.2, 0) is 17.9 Å². The van der Waals surface area contributed by atoms with Crippen LogP contribution in [0.3, 0.4) is 0 Å². The Balaban J connectivity index is 2.34. The van der Waals surface area contributed by atoms with Gasteiger partial charge in [0.2, 0.25) is 5.91 Å². The van der Waals surface area contributed by atoms with Crippen molar-refractivity contribution in [2.24, 2.45) is 5.73 Å². The van der Waals surface area contributed by atoms with Crippen molar-refractivity contribution in [3.63, 3.8) is 0 Å². The second kappa shape index (κ2) is 5.44. The Hall–Kier alpha value is -1.29. The van der Waals surface area contributed by atoms with E-state index < -0.39 is 0 Å². The van der Waals surface area contributed by atoms with Crippen LogP contribution >= 0.6 is 0 Å². The highest BCUT2D eigenvalue weighted by Gasteiger charge is 2.00. The van der Waals surface area contributed by atoms with E-state index in [1.165, 1.54) is 0 Å². The zero-order chi connectivity index (χ0) is 10.4. The summed E-state index contributed by atoms with van der Waals surface area (Å²) in [5, 5.41) is 2.60. The van der Waals surface area contributed by atoms with Gasteiger partial charge >= 0.3 is 0 Å². The molecule has 0 saturated heterocycles. The lowest BCUT2D eigenvalue weighted by Gasteiger charge is -2.06. The molecule has 0 unspecified atom stereocenters. The summed E-state index contributed by atoms with van der Waals surface area (Å²) in [6.07, 6.45) is 3.41. The van der Waals surface area contributed by atoms with Crippen LogP contribution in [0.25, 0.3) is 0 Å². The highest BCUT2D eigenvalue weighted by Crippen LogP contribution is 2.03. The average Bonchev–Trinajstić information content (AvgIpc) is 2.65. The van der Waals surface area contributed by atoms with Crippen molar-refractivity contribution in [3.05, 3.63) is 24.0 Å². The smallest absolute Gasteiger partial charge is 0.219 e. The number of rotatable bonds is 5. The summed E-state index contributed by atoms with van der Waals surface area (Å²) in [6, 6.07) is 3.97. The first-order chi connectivity index (χ1) is 6.77. The highest BCUT2D eigenvalue weighted by atomic mass is 16.1. The number of carbonyl (C=O) groups is 1. The lowest BCUT2D eigenvalue weighted by molar-refractivity contribution is -0.120. The molecular formula is C10H17N3O. The van der Waals surface area contributed by atoms with Crippen LogP contribution in [0.4, 0.5) is 0 Å². The third-order valence-electron chi connectivity index (χ3n) is 2.21. The minimum absolute atomic E-state index is 0.0893. The maximum absolute atomic E-state index is 10.9. The number of hydrogen-bond acceptors (Lipinski definition) is 2. The van der Waals surface area contributed by atoms with Gasteiger partial charge in [-0.2, -0.15) is 0 Å². The van der Waals surface area contributed by atoms with Gasteiger partial charge in [0.1, 0.15) is 0 Å². The molecule has 0 bridgehead atoms. The number of aryl methyl sites for hydroxylation is 1. The van der Waals surface area contributed by atoms with E-state index in [9.17, 15) is 4.79 Å². The van der Waals surface area contributed by atoms with Crippen LogP contribution in [0.1, 0.15) is 18.5 Å². The number of nitrogens with two attached hydrogens (primary N) is 1. The zero-order valence-corrected chi connectivity index (χ0v) is 8.49. The highest BCUT2D eigenvalue weighted by molar-refractivity contribution is 5.75. The molecule has 0 aliphatic rings.